The molecule has 1 N–H and O–H groups in total. The molecule has 3 aromatic rings. The lowest BCUT2D eigenvalue weighted by molar-refractivity contribution is 0.494. The van der Waals surface area contributed by atoms with Crippen molar-refractivity contribution < 1.29 is 0 Å². The summed E-state index contributed by atoms with van der Waals surface area (Å²) in [5.41, 5.74) is 3.26. The Hall–Kier alpha value is -2.43. The van der Waals surface area contributed by atoms with Crippen LogP contribution in [0.3, 0.4) is 0 Å². The molecule has 0 radical (unpaired) electrons. The molecular formula is C17H19N5. The Kier molecular flexibility index (Phi) is 3.25. The van der Waals surface area contributed by atoms with E-state index in [1.807, 2.05) is 25.3 Å². The maximum absolute atomic E-state index is 4.38. The topological polar surface area (TPSA) is 57.7 Å². The van der Waals surface area contributed by atoms with E-state index in [1.165, 1.54) is 11.1 Å². The van der Waals surface area contributed by atoms with Crippen LogP contribution in [0.25, 0.3) is 11.0 Å². The van der Waals surface area contributed by atoms with Gasteiger partial charge in [-0.2, -0.15) is 5.10 Å². The number of aromatic amines is 1. The molecule has 0 saturated carbocycles. The normalized spacial score (nSPS) is 16.3. The summed E-state index contributed by atoms with van der Waals surface area (Å²) in [4.78, 5) is 10.2. The Morgan fingerprint density at radius 2 is 2.00 bits per heavy atom. The van der Waals surface area contributed by atoms with Crippen molar-refractivity contribution in [2.24, 2.45) is 0 Å². The van der Waals surface area contributed by atoms with E-state index >= 15 is 0 Å². The van der Waals surface area contributed by atoms with E-state index in [0.29, 0.717) is 5.92 Å². The van der Waals surface area contributed by atoms with Crippen molar-refractivity contribution in [1.82, 2.24) is 20.2 Å². The van der Waals surface area contributed by atoms with Crippen molar-refractivity contribution in [3.8, 4) is 0 Å². The number of nitrogens with one attached hydrogen (secondary N) is 1. The Morgan fingerprint density at radius 1 is 1.14 bits per heavy atom. The molecule has 112 valence electrons. The van der Waals surface area contributed by atoms with Crippen LogP contribution in [0.4, 0.5) is 5.82 Å². The number of rotatable bonds is 2. The van der Waals surface area contributed by atoms with Crippen LogP contribution in [0.15, 0.2) is 36.5 Å². The molecule has 0 spiro atoms. The highest BCUT2D eigenvalue weighted by Gasteiger charge is 2.23. The lowest BCUT2D eigenvalue weighted by atomic mass is 9.93. The van der Waals surface area contributed by atoms with Crippen LogP contribution in [-0.2, 0) is 0 Å². The van der Waals surface area contributed by atoms with Crippen LogP contribution >= 0.6 is 0 Å². The monoisotopic (exact) mass is 293 g/mol. The molecule has 0 aliphatic carbocycles. The Balaban J connectivity index is 1.48. The zero-order valence-corrected chi connectivity index (χ0v) is 12.7. The fraction of sp³-hybridized carbons (Fsp3) is 0.353. The minimum absolute atomic E-state index is 0.573. The molecule has 0 aromatic carbocycles. The standard InChI is InChI=1S/C17H19N5/c1-12-4-5-16(21-20-12)22-9-6-13(7-10-22)15-11-14-3-2-8-18-17(14)19-15/h2-5,8,11,13H,6-7,9-10H2,1H3,(H,18,19). The van der Waals surface area contributed by atoms with Crippen molar-refractivity contribution in [3.63, 3.8) is 0 Å². The van der Waals surface area contributed by atoms with Gasteiger partial charge < -0.3 is 9.88 Å². The zero-order chi connectivity index (χ0) is 14.9. The van der Waals surface area contributed by atoms with Crippen LogP contribution in [0, 0.1) is 6.92 Å². The summed E-state index contributed by atoms with van der Waals surface area (Å²) in [5.74, 6) is 1.56. The van der Waals surface area contributed by atoms with E-state index in [-0.39, 0.29) is 0 Å². The first-order chi connectivity index (χ1) is 10.8. The second-order valence-electron chi connectivity index (χ2n) is 5.96. The SMILES string of the molecule is Cc1ccc(N2CCC(c3cc4cccnc4[nH]3)CC2)nn1. The molecule has 3 aromatic heterocycles. The number of aryl methyl sites for hydroxylation is 1. The van der Waals surface area contributed by atoms with Crippen molar-refractivity contribution >= 4 is 16.9 Å². The fourth-order valence-electron chi connectivity index (χ4n) is 3.18. The molecule has 1 aliphatic heterocycles. The van der Waals surface area contributed by atoms with Crippen LogP contribution < -0.4 is 4.90 Å². The number of aromatic nitrogens is 4. The predicted octanol–water partition coefficient (Wildman–Crippen LogP) is 3.05. The quantitative estimate of drug-likeness (QED) is 0.789. The second-order valence-corrected chi connectivity index (χ2v) is 5.96. The van der Waals surface area contributed by atoms with Gasteiger partial charge in [-0.15, -0.1) is 5.10 Å². The molecule has 1 saturated heterocycles. The van der Waals surface area contributed by atoms with Gasteiger partial charge in [-0.3, -0.25) is 0 Å². The number of anilines is 1. The molecule has 4 rings (SSSR count). The summed E-state index contributed by atoms with van der Waals surface area (Å²) >= 11 is 0. The summed E-state index contributed by atoms with van der Waals surface area (Å²) in [6.07, 6.45) is 4.09. The molecule has 5 heteroatoms. The van der Waals surface area contributed by atoms with Crippen molar-refractivity contribution in [3.05, 3.63) is 47.9 Å². The number of pyridine rings is 1. The van der Waals surface area contributed by atoms with Crippen molar-refractivity contribution in [2.75, 3.05) is 18.0 Å². The molecule has 4 heterocycles. The van der Waals surface area contributed by atoms with Gasteiger partial charge in [-0.05, 0) is 50.1 Å². The first-order valence-electron chi connectivity index (χ1n) is 7.78. The van der Waals surface area contributed by atoms with Gasteiger partial charge in [0.1, 0.15) is 5.65 Å². The smallest absolute Gasteiger partial charge is 0.151 e. The highest BCUT2D eigenvalue weighted by atomic mass is 15.3. The average Bonchev–Trinajstić information content (AvgIpc) is 3.00. The van der Waals surface area contributed by atoms with Crippen LogP contribution in [-0.4, -0.2) is 33.3 Å². The van der Waals surface area contributed by atoms with E-state index < -0.39 is 0 Å². The molecule has 5 nitrogen and oxygen atoms in total. The van der Waals surface area contributed by atoms with Gasteiger partial charge in [-0.1, -0.05) is 0 Å². The predicted molar refractivity (Wildman–Crippen MR) is 87.1 cm³/mol. The second kappa shape index (κ2) is 5.40. The fourth-order valence-corrected chi connectivity index (χ4v) is 3.18. The molecule has 22 heavy (non-hydrogen) atoms. The minimum Gasteiger partial charge on any atom is -0.355 e. The maximum atomic E-state index is 4.38. The lowest BCUT2D eigenvalue weighted by Gasteiger charge is -2.32. The van der Waals surface area contributed by atoms with Crippen molar-refractivity contribution in [1.29, 1.82) is 0 Å². The highest BCUT2D eigenvalue weighted by Crippen LogP contribution is 2.30. The zero-order valence-electron chi connectivity index (χ0n) is 12.7. The number of piperidine rings is 1. The lowest BCUT2D eigenvalue weighted by Crippen LogP contribution is -2.33. The molecule has 0 unspecified atom stereocenters. The number of hydrogen-bond acceptors (Lipinski definition) is 4. The van der Waals surface area contributed by atoms with Crippen LogP contribution in [0.1, 0.15) is 30.1 Å². The van der Waals surface area contributed by atoms with E-state index in [2.05, 4.69) is 43.3 Å². The molecule has 0 bridgehead atoms. The van der Waals surface area contributed by atoms with Gasteiger partial charge in [0.2, 0.25) is 0 Å². The Bertz CT molecular complexity index is 736. The van der Waals surface area contributed by atoms with Gasteiger partial charge in [0.25, 0.3) is 0 Å². The third kappa shape index (κ3) is 2.43. The summed E-state index contributed by atoms with van der Waals surface area (Å²) in [6, 6.07) is 10.4. The van der Waals surface area contributed by atoms with Gasteiger partial charge in [-0.25, -0.2) is 4.98 Å². The van der Waals surface area contributed by atoms with E-state index in [9.17, 15) is 0 Å². The maximum Gasteiger partial charge on any atom is 0.151 e. The molecule has 0 atom stereocenters. The van der Waals surface area contributed by atoms with E-state index in [4.69, 9.17) is 0 Å². The van der Waals surface area contributed by atoms with Crippen LogP contribution in [0.5, 0.6) is 0 Å². The molecule has 1 fully saturated rings. The minimum atomic E-state index is 0.573. The largest absolute Gasteiger partial charge is 0.355 e. The third-order valence-corrected chi connectivity index (χ3v) is 4.46. The summed E-state index contributed by atoms with van der Waals surface area (Å²) in [5, 5.41) is 9.65. The van der Waals surface area contributed by atoms with Gasteiger partial charge >= 0.3 is 0 Å². The summed E-state index contributed by atoms with van der Waals surface area (Å²) < 4.78 is 0. The van der Waals surface area contributed by atoms with Gasteiger partial charge in [0.15, 0.2) is 5.82 Å². The third-order valence-electron chi connectivity index (χ3n) is 4.46. The summed E-state index contributed by atoms with van der Waals surface area (Å²) in [7, 11) is 0. The van der Waals surface area contributed by atoms with E-state index in [0.717, 1.165) is 43.1 Å². The van der Waals surface area contributed by atoms with Gasteiger partial charge in [0.05, 0.1) is 5.69 Å². The Labute approximate surface area is 129 Å². The molecule has 0 amide bonds. The average molecular weight is 293 g/mol. The first-order valence-corrected chi connectivity index (χ1v) is 7.78. The highest BCUT2D eigenvalue weighted by molar-refractivity contribution is 5.76. The first kappa shape index (κ1) is 13.2. The number of H-pyrrole nitrogens is 1. The number of fused-ring (bicyclic) bond motifs is 1. The number of hydrogen-bond donors (Lipinski definition) is 1. The summed E-state index contributed by atoms with van der Waals surface area (Å²) in [6.45, 7) is 4.00. The van der Waals surface area contributed by atoms with E-state index in [1.54, 1.807) is 0 Å². The molecule has 1 aliphatic rings. The van der Waals surface area contributed by atoms with Crippen molar-refractivity contribution in [2.45, 2.75) is 25.7 Å². The number of nitrogens with zero attached hydrogens (tertiary/aromatic N) is 4. The molecular weight excluding hydrogens is 274 g/mol. The Morgan fingerprint density at radius 3 is 2.73 bits per heavy atom. The van der Waals surface area contributed by atoms with Crippen LogP contribution in [0.2, 0.25) is 0 Å². The van der Waals surface area contributed by atoms with Gasteiger partial charge in [0, 0.05) is 36.3 Å².